The number of rotatable bonds is 2. The number of benzene rings is 2. The fourth-order valence-corrected chi connectivity index (χ4v) is 2.49. The summed E-state index contributed by atoms with van der Waals surface area (Å²) in [5, 5.41) is 10.4. The number of hydrogen-bond donors (Lipinski definition) is 1. The van der Waals surface area contributed by atoms with Gasteiger partial charge in [-0.25, -0.2) is 0 Å². The van der Waals surface area contributed by atoms with Crippen LogP contribution in [0.5, 0.6) is 17.2 Å². The summed E-state index contributed by atoms with van der Waals surface area (Å²) in [6.07, 6.45) is 0. The van der Waals surface area contributed by atoms with Crippen LogP contribution >= 0.6 is 69.6 Å². The monoisotopic (exact) mass is 390 g/mol. The minimum absolute atomic E-state index is 0.00955. The van der Waals surface area contributed by atoms with E-state index in [1.54, 1.807) is 0 Å². The molecule has 0 aliphatic heterocycles. The minimum Gasteiger partial charge on any atom is -0.503 e. The molecule has 0 bridgehead atoms. The van der Waals surface area contributed by atoms with E-state index < -0.39 is 0 Å². The Balaban J connectivity index is 2.48. The fourth-order valence-electron chi connectivity index (χ4n) is 1.35. The van der Waals surface area contributed by atoms with Gasteiger partial charge in [-0.2, -0.15) is 0 Å². The smallest absolute Gasteiger partial charge is 0.179 e. The van der Waals surface area contributed by atoms with Crippen LogP contribution in [0, 0.1) is 0 Å². The lowest BCUT2D eigenvalue weighted by Crippen LogP contribution is -1.88. The molecule has 2 rings (SSSR count). The molecule has 0 amide bonds. The Labute approximate surface area is 144 Å². The van der Waals surface area contributed by atoms with Gasteiger partial charge >= 0.3 is 0 Å². The average Bonchev–Trinajstić information content (AvgIpc) is 2.42. The zero-order valence-electron chi connectivity index (χ0n) is 9.36. The predicted molar refractivity (Wildman–Crippen MR) is 84.7 cm³/mol. The van der Waals surface area contributed by atoms with Crippen molar-refractivity contribution in [2.24, 2.45) is 0 Å². The van der Waals surface area contributed by atoms with E-state index in [4.69, 9.17) is 74.3 Å². The SMILES string of the molecule is Oc1c(Oc2ccc(Cl)c(Cl)c2Cl)cc(Cl)c(Cl)c1Cl. The fraction of sp³-hybridized carbons (Fsp3) is 0. The average molecular weight is 393 g/mol. The van der Waals surface area contributed by atoms with Gasteiger partial charge in [-0.1, -0.05) is 69.6 Å². The molecule has 106 valence electrons. The first-order valence-corrected chi connectivity index (χ1v) is 7.27. The van der Waals surface area contributed by atoms with Gasteiger partial charge in [-0.05, 0) is 12.1 Å². The van der Waals surface area contributed by atoms with Crippen LogP contribution in [0.4, 0.5) is 0 Å². The second-order valence-corrected chi connectivity index (χ2v) is 5.93. The molecule has 2 aromatic rings. The lowest BCUT2D eigenvalue weighted by molar-refractivity contribution is 0.412. The molecule has 0 radical (unpaired) electrons. The van der Waals surface area contributed by atoms with Gasteiger partial charge in [0.05, 0.1) is 20.1 Å². The number of ether oxygens (including phenoxy) is 1. The lowest BCUT2D eigenvalue weighted by atomic mass is 10.3. The maximum Gasteiger partial charge on any atom is 0.179 e. The predicted octanol–water partition coefficient (Wildman–Crippen LogP) is 7.10. The van der Waals surface area contributed by atoms with Crippen LogP contribution in [0.1, 0.15) is 0 Å². The molecule has 2 nitrogen and oxygen atoms in total. The number of aromatic hydroxyl groups is 1. The van der Waals surface area contributed by atoms with Gasteiger partial charge in [0.25, 0.3) is 0 Å². The highest BCUT2D eigenvalue weighted by molar-refractivity contribution is 6.49. The molecule has 8 heteroatoms. The highest BCUT2D eigenvalue weighted by Crippen LogP contribution is 2.46. The Hall–Kier alpha value is -0.220. The molecule has 2 aromatic carbocycles. The van der Waals surface area contributed by atoms with Crippen LogP contribution in [-0.2, 0) is 0 Å². The molecule has 0 saturated carbocycles. The quantitative estimate of drug-likeness (QED) is 0.552. The van der Waals surface area contributed by atoms with Gasteiger partial charge in [-0.3, -0.25) is 0 Å². The van der Waals surface area contributed by atoms with Crippen LogP contribution in [0.15, 0.2) is 18.2 Å². The highest BCUT2D eigenvalue weighted by Gasteiger charge is 2.18. The first-order valence-electron chi connectivity index (χ1n) is 5.00. The van der Waals surface area contributed by atoms with Gasteiger partial charge in [0, 0.05) is 6.07 Å². The minimum atomic E-state index is -0.358. The Morgan fingerprint density at radius 2 is 1.30 bits per heavy atom. The Bertz CT molecular complexity index is 686. The molecule has 0 spiro atoms. The Morgan fingerprint density at radius 1 is 0.700 bits per heavy atom. The van der Waals surface area contributed by atoms with E-state index in [1.807, 2.05) is 0 Å². The summed E-state index contributed by atoms with van der Waals surface area (Å²) in [5.74, 6) is -0.182. The summed E-state index contributed by atoms with van der Waals surface area (Å²) >= 11 is 35.2. The van der Waals surface area contributed by atoms with Crippen LogP contribution in [0.25, 0.3) is 0 Å². The number of phenols is 1. The summed E-state index contributed by atoms with van der Waals surface area (Å²) in [6, 6.07) is 4.30. The zero-order valence-corrected chi connectivity index (χ0v) is 13.9. The van der Waals surface area contributed by atoms with Crippen molar-refractivity contribution in [3.63, 3.8) is 0 Å². The molecule has 0 aliphatic rings. The number of hydrogen-bond acceptors (Lipinski definition) is 2. The molecule has 0 atom stereocenters. The van der Waals surface area contributed by atoms with E-state index in [2.05, 4.69) is 0 Å². The summed E-state index contributed by atoms with van der Waals surface area (Å²) in [5.41, 5.74) is 0. The lowest BCUT2D eigenvalue weighted by Gasteiger charge is -2.12. The zero-order chi connectivity index (χ0) is 15.0. The normalized spacial score (nSPS) is 10.7. The third kappa shape index (κ3) is 3.01. The van der Waals surface area contributed by atoms with Crippen molar-refractivity contribution in [1.82, 2.24) is 0 Å². The summed E-state index contributed by atoms with van der Waals surface area (Å²) < 4.78 is 5.44. The number of halogens is 6. The van der Waals surface area contributed by atoms with Crippen LogP contribution in [0.2, 0.25) is 30.1 Å². The van der Waals surface area contributed by atoms with Crippen molar-refractivity contribution >= 4 is 69.6 Å². The third-order valence-corrected chi connectivity index (χ3v) is 4.85. The maximum absolute atomic E-state index is 9.88. The number of phenolic OH excluding ortho intramolecular Hbond substituents is 1. The van der Waals surface area contributed by atoms with Crippen LogP contribution in [-0.4, -0.2) is 5.11 Å². The summed E-state index contributed by atoms with van der Waals surface area (Å²) in [7, 11) is 0. The maximum atomic E-state index is 9.88. The molecular weight excluding hydrogens is 389 g/mol. The van der Waals surface area contributed by atoms with Gasteiger partial charge in [0.1, 0.15) is 15.8 Å². The largest absolute Gasteiger partial charge is 0.503 e. The van der Waals surface area contributed by atoms with Crippen LogP contribution < -0.4 is 4.74 Å². The molecule has 0 heterocycles. The van der Waals surface area contributed by atoms with Crippen molar-refractivity contribution < 1.29 is 9.84 Å². The standard InChI is InChI=1S/C12H4Cl6O2/c13-4-1-2-6(10(17)8(4)15)20-7-3-5(14)9(16)11(18)12(7)19/h1-3,19H. The van der Waals surface area contributed by atoms with E-state index in [9.17, 15) is 5.11 Å². The van der Waals surface area contributed by atoms with Gasteiger partial charge in [0.15, 0.2) is 11.5 Å². The first kappa shape index (κ1) is 16.2. The second kappa shape index (κ2) is 6.27. The van der Waals surface area contributed by atoms with Gasteiger partial charge in [-0.15, -0.1) is 0 Å². The Kier molecular flexibility index (Phi) is 5.06. The van der Waals surface area contributed by atoms with E-state index in [0.717, 1.165) is 0 Å². The van der Waals surface area contributed by atoms with Crippen molar-refractivity contribution in [3.8, 4) is 17.2 Å². The Morgan fingerprint density at radius 3 is 1.95 bits per heavy atom. The molecule has 20 heavy (non-hydrogen) atoms. The third-order valence-electron chi connectivity index (χ3n) is 2.32. The summed E-state index contributed by atoms with van der Waals surface area (Å²) in [4.78, 5) is 0. The van der Waals surface area contributed by atoms with E-state index in [0.29, 0.717) is 0 Å². The van der Waals surface area contributed by atoms with Crippen molar-refractivity contribution in [2.45, 2.75) is 0 Å². The molecule has 1 N–H and O–H groups in total. The molecule has 0 unspecified atom stereocenters. The molecule has 0 aromatic heterocycles. The molecule has 0 saturated heterocycles. The van der Waals surface area contributed by atoms with Crippen LogP contribution in [0.3, 0.4) is 0 Å². The topological polar surface area (TPSA) is 29.5 Å². The summed E-state index contributed by atoms with van der Waals surface area (Å²) in [6.45, 7) is 0. The highest BCUT2D eigenvalue weighted by atomic mass is 35.5. The van der Waals surface area contributed by atoms with E-state index in [-0.39, 0.29) is 47.4 Å². The van der Waals surface area contributed by atoms with E-state index >= 15 is 0 Å². The molecule has 0 fully saturated rings. The molecular formula is C12H4Cl6O2. The van der Waals surface area contributed by atoms with Crippen molar-refractivity contribution in [3.05, 3.63) is 48.3 Å². The van der Waals surface area contributed by atoms with Crippen molar-refractivity contribution in [1.29, 1.82) is 0 Å². The molecule has 0 aliphatic carbocycles. The second-order valence-electron chi connectivity index (χ2n) is 3.61. The van der Waals surface area contributed by atoms with Gasteiger partial charge in [0.2, 0.25) is 0 Å². The van der Waals surface area contributed by atoms with E-state index in [1.165, 1.54) is 18.2 Å². The van der Waals surface area contributed by atoms with Crippen molar-refractivity contribution in [2.75, 3.05) is 0 Å². The first-order chi connectivity index (χ1) is 9.32. The van der Waals surface area contributed by atoms with Gasteiger partial charge < -0.3 is 9.84 Å².